The van der Waals surface area contributed by atoms with Gasteiger partial charge in [-0.25, -0.2) is 24.9 Å². The molecule has 0 fully saturated rings. The lowest BCUT2D eigenvalue weighted by Crippen LogP contribution is -2.26. The third-order valence-corrected chi connectivity index (χ3v) is 8.44. The molecular weight excluding hydrogens is 647 g/mol. The fourth-order valence-corrected chi connectivity index (χ4v) is 5.86. The first kappa shape index (κ1) is 33.6. The van der Waals surface area contributed by atoms with Crippen molar-refractivity contribution in [3.05, 3.63) is 158 Å². The molecule has 6 heterocycles. The molecule has 0 spiro atoms. The Kier molecular flexibility index (Phi) is 9.92. The summed E-state index contributed by atoms with van der Waals surface area (Å²) in [4.78, 5) is 32.0. The van der Waals surface area contributed by atoms with Crippen LogP contribution in [0.15, 0.2) is 147 Å². The van der Waals surface area contributed by atoms with Gasteiger partial charge in [0.2, 0.25) is 0 Å². The molecule has 3 aromatic carbocycles. The second-order valence-corrected chi connectivity index (χ2v) is 11.8. The number of para-hydroxylation sites is 2. The van der Waals surface area contributed by atoms with Crippen LogP contribution in [-0.4, -0.2) is 44.0 Å². The van der Waals surface area contributed by atoms with E-state index in [4.69, 9.17) is 0 Å². The van der Waals surface area contributed by atoms with Gasteiger partial charge in [0.15, 0.2) is 17.5 Å². The van der Waals surface area contributed by atoms with Crippen molar-refractivity contribution >= 4 is 16.7 Å². The van der Waals surface area contributed by atoms with Crippen LogP contribution >= 0.6 is 0 Å². The number of pyridine rings is 1. The third-order valence-electron chi connectivity index (χ3n) is 8.44. The Balaban J connectivity index is 0.000000155. The van der Waals surface area contributed by atoms with Crippen LogP contribution in [0.4, 0.5) is 5.69 Å². The predicted molar refractivity (Wildman–Crippen MR) is 206 cm³/mol. The van der Waals surface area contributed by atoms with E-state index >= 15 is 0 Å². The Hall–Kier alpha value is -6.88. The number of aromatic nitrogens is 9. The van der Waals surface area contributed by atoms with E-state index in [9.17, 15) is 0 Å². The molecule has 8 aromatic rings. The lowest BCUT2D eigenvalue weighted by Gasteiger charge is -2.25. The van der Waals surface area contributed by atoms with E-state index in [-0.39, 0.29) is 6.17 Å². The SMILES string of the molecule is CC.Cc1cnc(-c2ccc(N3C=CNC3c3cccnc3)cc2)nc1.Cn1ccnc1-c1nccn1-c1ccc(-c2nc3ccccc3[nH]2)cc1. The maximum absolute atomic E-state index is 4.66. The first-order valence-electron chi connectivity index (χ1n) is 17.2. The Morgan fingerprint density at radius 1 is 0.673 bits per heavy atom. The Morgan fingerprint density at radius 3 is 2.10 bits per heavy atom. The molecule has 52 heavy (non-hydrogen) atoms. The minimum absolute atomic E-state index is 0.0557. The lowest BCUT2D eigenvalue weighted by atomic mass is 10.1. The largest absolute Gasteiger partial charge is 0.366 e. The fourth-order valence-electron chi connectivity index (χ4n) is 5.86. The van der Waals surface area contributed by atoms with Crippen molar-refractivity contribution in [2.24, 2.45) is 7.05 Å². The highest BCUT2D eigenvalue weighted by Crippen LogP contribution is 2.30. The molecule has 1 aliphatic rings. The summed E-state index contributed by atoms with van der Waals surface area (Å²) in [7, 11) is 1.96. The summed E-state index contributed by atoms with van der Waals surface area (Å²) in [5, 5.41) is 3.35. The maximum Gasteiger partial charge on any atom is 0.181 e. The third kappa shape index (κ3) is 7.06. The molecule has 0 radical (unpaired) electrons. The lowest BCUT2D eigenvalue weighted by molar-refractivity contribution is 0.664. The molecule has 5 aromatic heterocycles. The highest BCUT2D eigenvalue weighted by Gasteiger charge is 2.22. The van der Waals surface area contributed by atoms with Crippen LogP contribution in [0.2, 0.25) is 0 Å². The number of nitrogens with zero attached hydrogens (tertiary/aromatic N) is 9. The van der Waals surface area contributed by atoms with E-state index in [2.05, 4.69) is 87.6 Å². The highest BCUT2D eigenvalue weighted by atomic mass is 15.3. The number of aromatic amines is 1. The van der Waals surface area contributed by atoms with Crippen LogP contribution in [-0.2, 0) is 7.05 Å². The minimum Gasteiger partial charge on any atom is -0.366 e. The van der Waals surface area contributed by atoms with Crippen LogP contribution in [0.1, 0.15) is 31.1 Å². The van der Waals surface area contributed by atoms with Gasteiger partial charge < -0.3 is 19.8 Å². The van der Waals surface area contributed by atoms with Gasteiger partial charge in [0.25, 0.3) is 0 Å². The van der Waals surface area contributed by atoms with Crippen molar-refractivity contribution in [3.8, 4) is 40.1 Å². The highest BCUT2D eigenvalue weighted by molar-refractivity contribution is 5.79. The normalized spacial score (nSPS) is 13.2. The second kappa shape index (κ2) is 15.3. The average molecular weight is 686 g/mol. The van der Waals surface area contributed by atoms with Crippen molar-refractivity contribution < 1.29 is 0 Å². The second-order valence-electron chi connectivity index (χ2n) is 11.8. The van der Waals surface area contributed by atoms with E-state index in [1.165, 1.54) is 0 Å². The summed E-state index contributed by atoms with van der Waals surface area (Å²) in [5.41, 5.74) is 8.37. The summed E-state index contributed by atoms with van der Waals surface area (Å²) < 4.78 is 3.99. The molecule has 2 N–H and O–H groups in total. The van der Waals surface area contributed by atoms with E-state index < -0.39 is 0 Å². The number of rotatable bonds is 6. The van der Waals surface area contributed by atoms with Crippen LogP contribution in [0.3, 0.4) is 0 Å². The topological polar surface area (TPSA) is 118 Å². The number of hydrogen-bond acceptors (Lipinski definition) is 8. The minimum atomic E-state index is 0.0557. The van der Waals surface area contributed by atoms with Gasteiger partial charge in [-0.15, -0.1) is 0 Å². The van der Waals surface area contributed by atoms with Crippen molar-refractivity contribution in [1.29, 1.82) is 0 Å². The van der Waals surface area contributed by atoms with Gasteiger partial charge in [0.05, 0.1) is 11.0 Å². The first-order valence-corrected chi connectivity index (χ1v) is 17.2. The maximum atomic E-state index is 4.66. The van der Waals surface area contributed by atoms with Crippen molar-refractivity contribution in [2.75, 3.05) is 4.90 Å². The molecule has 1 aliphatic heterocycles. The van der Waals surface area contributed by atoms with Crippen molar-refractivity contribution in [2.45, 2.75) is 26.9 Å². The fraction of sp³-hybridized carbons (Fsp3) is 0.122. The molecule has 11 heteroatoms. The molecule has 1 atom stereocenters. The quantitative estimate of drug-likeness (QED) is 0.180. The number of aryl methyl sites for hydroxylation is 2. The monoisotopic (exact) mass is 685 g/mol. The van der Waals surface area contributed by atoms with E-state index in [0.717, 1.165) is 68.0 Å². The first-order chi connectivity index (χ1) is 25.6. The van der Waals surface area contributed by atoms with Crippen LogP contribution in [0.25, 0.3) is 51.1 Å². The standard InChI is InChI=1S/C20H16N6.C19H17N5.C2H6/c1-25-12-10-21-19(25)20-22-11-13-26(20)15-8-6-14(7-9-15)18-23-16-4-2-3-5-17(16)24-18;1-14-11-22-18(23-12-14)15-4-6-17(7-5-15)24-10-9-21-19(24)16-3-2-8-20-13-16;1-2/h2-13H,1H3,(H,23,24);2-13,19,21H,1H3;1-2H3. The smallest absolute Gasteiger partial charge is 0.181 e. The predicted octanol–water partition coefficient (Wildman–Crippen LogP) is 8.27. The number of benzene rings is 3. The summed E-state index contributed by atoms with van der Waals surface area (Å²) >= 11 is 0. The van der Waals surface area contributed by atoms with Gasteiger partial charge in [-0.2, -0.15) is 0 Å². The summed E-state index contributed by atoms with van der Waals surface area (Å²) in [6, 6.07) is 28.6. The Bertz CT molecular complexity index is 2340. The Morgan fingerprint density at radius 2 is 1.38 bits per heavy atom. The molecule has 0 saturated carbocycles. The van der Waals surface area contributed by atoms with Gasteiger partial charge >= 0.3 is 0 Å². The van der Waals surface area contributed by atoms with E-state index in [1.54, 1.807) is 18.6 Å². The number of fused-ring (bicyclic) bond motifs is 1. The zero-order chi connectivity index (χ0) is 35.9. The number of hydrogen-bond donors (Lipinski definition) is 2. The molecule has 0 bridgehead atoms. The molecule has 0 aliphatic carbocycles. The van der Waals surface area contributed by atoms with E-state index in [0.29, 0.717) is 0 Å². The van der Waals surface area contributed by atoms with E-state index in [1.807, 2.05) is 123 Å². The molecule has 258 valence electrons. The van der Waals surface area contributed by atoms with Crippen LogP contribution in [0, 0.1) is 6.92 Å². The Labute approximate surface area is 302 Å². The van der Waals surface area contributed by atoms with Gasteiger partial charge in [0.1, 0.15) is 12.0 Å². The zero-order valence-electron chi connectivity index (χ0n) is 29.5. The number of imidazole rings is 3. The molecule has 9 rings (SSSR count). The summed E-state index contributed by atoms with van der Waals surface area (Å²) in [5.74, 6) is 3.25. The zero-order valence-corrected chi connectivity index (χ0v) is 29.5. The van der Waals surface area contributed by atoms with Crippen LogP contribution in [0.5, 0.6) is 0 Å². The van der Waals surface area contributed by atoms with Gasteiger partial charge in [-0.1, -0.05) is 32.0 Å². The van der Waals surface area contributed by atoms with Gasteiger partial charge in [-0.3, -0.25) is 9.55 Å². The molecule has 0 amide bonds. The van der Waals surface area contributed by atoms with Crippen molar-refractivity contribution in [3.63, 3.8) is 0 Å². The van der Waals surface area contributed by atoms with Crippen molar-refractivity contribution in [1.82, 2.24) is 49.3 Å². The average Bonchev–Trinajstić information content (AvgIpc) is 4.04. The van der Waals surface area contributed by atoms with Crippen LogP contribution < -0.4 is 10.2 Å². The number of nitrogens with one attached hydrogen (secondary N) is 2. The summed E-state index contributed by atoms with van der Waals surface area (Å²) in [6.45, 7) is 5.98. The molecule has 11 nitrogen and oxygen atoms in total. The van der Waals surface area contributed by atoms with Gasteiger partial charge in [-0.05, 0) is 79.2 Å². The number of H-pyrrole nitrogens is 1. The number of anilines is 1. The van der Waals surface area contributed by atoms with Gasteiger partial charge in [0, 0.05) is 97.1 Å². The summed E-state index contributed by atoms with van der Waals surface area (Å²) in [6.07, 6.45) is 18.8. The molecule has 1 unspecified atom stereocenters. The molecule has 0 saturated heterocycles. The molecular formula is C41H39N11.